The molecule has 21 heavy (non-hydrogen) atoms. The zero-order valence-corrected chi connectivity index (χ0v) is 13.8. The fourth-order valence-corrected chi connectivity index (χ4v) is 4.97. The summed E-state index contributed by atoms with van der Waals surface area (Å²) >= 11 is 6.54. The number of hydrogen-bond donors (Lipinski definition) is 0. The Bertz CT molecular complexity index is 589. The standard InChI is InChI=1S/C14H19ClO5S/c1-18-10-6-11(19-2)13(12(7-10)20-3)14(15)9-4-5-21(16,17)8-9/h6-7,9,14H,4-5,8H2,1-3H3. The molecule has 2 rings (SSSR count). The van der Waals surface area contributed by atoms with Gasteiger partial charge in [-0.2, -0.15) is 0 Å². The second kappa shape index (κ2) is 6.32. The Morgan fingerprint density at radius 1 is 1.14 bits per heavy atom. The van der Waals surface area contributed by atoms with Gasteiger partial charge < -0.3 is 14.2 Å². The molecule has 118 valence electrons. The van der Waals surface area contributed by atoms with Crippen molar-refractivity contribution in [3.63, 3.8) is 0 Å². The monoisotopic (exact) mass is 334 g/mol. The van der Waals surface area contributed by atoms with E-state index in [-0.39, 0.29) is 17.4 Å². The summed E-state index contributed by atoms with van der Waals surface area (Å²) in [6.07, 6.45) is 0.550. The minimum atomic E-state index is -2.99. The molecule has 0 saturated carbocycles. The van der Waals surface area contributed by atoms with E-state index in [0.29, 0.717) is 29.2 Å². The van der Waals surface area contributed by atoms with Crippen LogP contribution in [0.3, 0.4) is 0 Å². The average Bonchev–Trinajstić information content (AvgIpc) is 2.85. The van der Waals surface area contributed by atoms with Crippen LogP contribution in [-0.2, 0) is 9.84 Å². The highest BCUT2D eigenvalue weighted by molar-refractivity contribution is 7.91. The van der Waals surface area contributed by atoms with Crippen molar-refractivity contribution in [3.8, 4) is 17.2 Å². The molecular formula is C14H19ClO5S. The summed E-state index contributed by atoms with van der Waals surface area (Å²) < 4.78 is 39.2. The summed E-state index contributed by atoms with van der Waals surface area (Å²) in [5.74, 6) is 1.80. The van der Waals surface area contributed by atoms with Crippen LogP contribution in [0.15, 0.2) is 12.1 Å². The molecule has 1 aliphatic rings. The second-order valence-electron chi connectivity index (χ2n) is 5.01. The molecule has 0 radical (unpaired) electrons. The first-order valence-corrected chi connectivity index (χ1v) is 8.82. The number of rotatable bonds is 5. The third-order valence-electron chi connectivity index (χ3n) is 3.71. The first-order chi connectivity index (χ1) is 9.91. The summed E-state index contributed by atoms with van der Waals surface area (Å²) in [4.78, 5) is 0. The Morgan fingerprint density at radius 3 is 2.10 bits per heavy atom. The maximum absolute atomic E-state index is 11.6. The zero-order chi connectivity index (χ0) is 15.6. The van der Waals surface area contributed by atoms with E-state index in [1.54, 1.807) is 19.2 Å². The molecular weight excluding hydrogens is 316 g/mol. The molecule has 7 heteroatoms. The molecule has 0 spiro atoms. The van der Waals surface area contributed by atoms with Gasteiger partial charge in [0.1, 0.15) is 17.2 Å². The molecule has 1 aromatic carbocycles. The van der Waals surface area contributed by atoms with Crippen LogP contribution >= 0.6 is 11.6 Å². The molecule has 5 nitrogen and oxygen atoms in total. The number of hydrogen-bond acceptors (Lipinski definition) is 5. The Hall–Kier alpha value is -1.14. The predicted octanol–water partition coefficient (Wildman–Crippen LogP) is 2.43. The predicted molar refractivity (Wildman–Crippen MR) is 81.5 cm³/mol. The Labute approximate surface area is 130 Å². The van der Waals surface area contributed by atoms with Crippen LogP contribution < -0.4 is 14.2 Å². The molecule has 1 fully saturated rings. The van der Waals surface area contributed by atoms with Crippen molar-refractivity contribution >= 4 is 21.4 Å². The van der Waals surface area contributed by atoms with Crippen LogP contribution in [0.25, 0.3) is 0 Å². The molecule has 0 amide bonds. The van der Waals surface area contributed by atoms with Gasteiger partial charge in [-0.15, -0.1) is 11.6 Å². The van der Waals surface area contributed by atoms with Gasteiger partial charge in [-0.25, -0.2) is 8.42 Å². The van der Waals surface area contributed by atoms with E-state index in [0.717, 1.165) is 0 Å². The summed E-state index contributed by atoms with van der Waals surface area (Å²) in [6.45, 7) is 0. The highest BCUT2D eigenvalue weighted by Crippen LogP contribution is 2.46. The van der Waals surface area contributed by atoms with Crippen molar-refractivity contribution in [2.75, 3.05) is 32.8 Å². The quantitative estimate of drug-likeness (QED) is 0.774. The SMILES string of the molecule is COc1cc(OC)c(C(Cl)C2CCS(=O)(=O)C2)c(OC)c1. The van der Waals surface area contributed by atoms with Crippen LogP contribution in [-0.4, -0.2) is 41.3 Å². The van der Waals surface area contributed by atoms with Crippen molar-refractivity contribution in [1.82, 2.24) is 0 Å². The largest absolute Gasteiger partial charge is 0.496 e. The lowest BCUT2D eigenvalue weighted by Crippen LogP contribution is -2.12. The average molecular weight is 335 g/mol. The second-order valence-corrected chi connectivity index (χ2v) is 7.71. The van der Waals surface area contributed by atoms with Crippen LogP contribution in [0, 0.1) is 5.92 Å². The molecule has 1 saturated heterocycles. The molecule has 2 unspecified atom stereocenters. The summed E-state index contributed by atoms with van der Waals surface area (Å²) in [5, 5.41) is -0.488. The van der Waals surface area contributed by atoms with Gasteiger partial charge in [0.2, 0.25) is 0 Å². The molecule has 0 N–H and O–H groups in total. The lowest BCUT2D eigenvalue weighted by Gasteiger charge is -2.22. The topological polar surface area (TPSA) is 61.8 Å². The highest BCUT2D eigenvalue weighted by Gasteiger charge is 2.36. The van der Waals surface area contributed by atoms with Crippen molar-refractivity contribution in [2.45, 2.75) is 11.8 Å². The van der Waals surface area contributed by atoms with Gasteiger partial charge >= 0.3 is 0 Å². The zero-order valence-electron chi connectivity index (χ0n) is 12.3. The van der Waals surface area contributed by atoms with Gasteiger partial charge in [0.25, 0.3) is 0 Å². The lowest BCUT2D eigenvalue weighted by molar-refractivity contribution is 0.363. The van der Waals surface area contributed by atoms with Gasteiger partial charge in [-0.3, -0.25) is 0 Å². The molecule has 0 aliphatic carbocycles. The summed E-state index contributed by atoms with van der Waals surface area (Å²) in [5.41, 5.74) is 0.671. The van der Waals surface area contributed by atoms with E-state index < -0.39 is 15.2 Å². The maximum Gasteiger partial charge on any atom is 0.150 e. The lowest BCUT2D eigenvalue weighted by atomic mass is 9.96. The Balaban J connectivity index is 2.42. The van der Waals surface area contributed by atoms with Crippen molar-refractivity contribution in [1.29, 1.82) is 0 Å². The van der Waals surface area contributed by atoms with Gasteiger partial charge in [0, 0.05) is 12.1 Å². The fourth-order valence-electron chi connectivity index (χ4n) is 2.59. The Kier molecular flexibility index (Phi) is 4.88. The summed E-state index contributed by atoms with van der Waals surface area (Å²) in [6, 6.07) is 3.44. The normalized spacial score (nSPS) is 21.8. The van der Waals surface area contributed by atoms with Gasteiger partial charge in [-0.05, 0) is 12.3 Å². The van der Waals surface area contributed by atoms with Gasteiger partial charge in [0.15, 0.2) is 9.84 Å². The Morgan fingerprint density at radius 2 is 1.71 bits per heavy atom. The number of benzene rings is 1. The fraction of sp³-hybridized carbons (Fsp3) is 0.571. The van der Waals surface area contributed by atoms with E-state index in [2.05, 4.69) is 0 Å². The van der Waals surface area contributed by atoms with E-state index >= 15 is 0 Å². The van der Waals surface area contributed by atoms with E-state index in [1.807, 2.05) is 0 Å². The minimum Gasteiger partial charge on any atom is -0.496 e. The molecule has 0 bridgehead atoms. The van der Waals surface area contributed by atoms with Crippen LogP contribution in [0.5, 0.6) is 17.2 Å². The molecule has 1 heterocycles. The maximum atomic E-state index is 11.6. The minimum absolute atomic E-state index is 0.0967. The van der Waals surface area contributed by atoms with Crippen LogP contribution in [0.1, 0.15) is 17.4 Å². The molecule has 0 aromatic heterocycles. The van der Waals surface area contributed by atoms with Gasteiger partial charge in [-0.1, -0.05) is 0 Å². The highest BCUT2D eigenvalue weighted by atomic mass is 35.5. The number of methoxy groups -OCH3 is 3. The molecule has 1 aliphatic heterocycles. The van der Waals surface area contributed by atoms with Crippen LogP contribution in [0.2, 0.25) is 0 Å². The van der Waals surface area contributed by atoms with E-state index in [9.17, 15) is 8.42 Å². The smallest absolute Gasteiger partial charge is 0.150 e. The first kappa shape index (κ1) is 16.2. The summed E-state index contributed by atoms with van der Waals surface area (Å²) in [7, 11) is 1.63. The van der Waals surface area contributed by atoms with Crippen LogP contribution in [0.4, 0.5) is 0 Å². The van der Waals surface area contributed by atoms with E-state index in [1.165, 1.54) is 14.2 Å². The van der Waals surface area contributed by atoms with Crippen molar-refractivity contribution < 1.29 is 22.6 Å². The molecule has 2 atom stereocenters. The number of halogens is 1. The number of ether oxygens (including phenoxy) is 3. The number of alkyl halides is 1. The van der Waals surface area contributed by atoms with Crippen molar-refractivity contribution in [2.24, 2.45) is 5.92 Å². The number of sulfone groups is 1. The third-order valence-corrected chi connectivity index (χ3v) is 6.08. The van der Waals surface area contributed by atoms with Gasteiger partial charge in [0.05, 0.1) is 43.8 Å². The van der Waals surface area contributed by atoms with Crippen molar-refractivity contribution in [3.05, 3.63) is 17.7 Å². The molecule has 1 aromatic rings. The third kappa shape index (κ3) is 3.37. The van der Waals surface area contributed by atoms with E-state index in [4.69, 9.17) is 25.8 Å². The first-order valence-electron chi connectivity index (χ1n) is 6.56.